The lowest BCUT2D eigenvalue weighted by atomic mass is 10.2. The zero-order valence-electron chi connectivity index (χ0n) is 7.87. The first kappa shape index (κ1) is 10.5. The fourth-order valence-electron chi connectivity index (χ4n) is 1.28. The molecule has 2 rings (SSSR count). The van der Waals surface area contributed by atoms with Gasteiger partial charge in [0.1, 0.15) is 10.9 Å². The van der Waals surface area contributed by atoms with Gasteiger partial charge in [-0.15, -0.1) is 22.7 Å². The van der Waals surface area contributed by atoms with Crippen molar-refractivity contribution in [2.75, 3.05) is 5.73 Å². The van der Waals surface area contributed by atoms with Crippen molar-refractivity contribution in [1.82, 2.24) is 0 Å². The van der Waals surface area contributed by atoms with Crippen LogP contribution >= 0.6 is 34.3 Å². The maximum Gasteiger partial charge on any atom is 0.128 e. The van der Waals surface area contributed by atoms with Crippen LogP contribution in [0.5, 0.6) is 0 Å². The molecule has 2 nitrogen and oxygen atoms in total. The van der Waals surface area contributed by atoms with Gasteiger partial charge in [-0.2, -0.15) is 5.26 Å². The number of nitrogens with zero attached hydrogens (tertiary/aromatic N) is 1. The molecule has 0 radical (unpaired) electrons. The Hall–Kier alpha value is -1.02. The van der Waals surface area contributed by atoms with Crippen molar-refractivity contribution in [3.8, 4) is 15.8 Å². The van der Waals surface area contributed by atoms with Gasteiger partial charge in [-0.25, -0.2) is 0 Å². The Bertz CT molecular complexity index is 548. The molecule has 2 aromatic rings. The van der Waals surface area contributed by atoms with Crippen LogP contribution in [0.1, 0.15) is 10.4 Å². The third-order valence-electron chi connectivity index (χ3n) is 2.09. The molecule has 0 unspecified atom stereocenters. The molecule has 76 valence electrons. The second-order valence-corrected chi connectivity index (χ2v) is 5.75. The van der Waals surface area contributed by atoms with Crippen molar-refractivity contribution in [2.45, 2.75) is 6.92 Å². The van der Waals surface area contributed by atoms with Crippen LogP contribution in [0.15, 0.2) is 12.1 Å². The molecule has 0 aliphatic heterocycles. The lowest BCUT2D eigenvalue weighted by Gasteiger charge is -1.94. The number of nitriles is 1. The van der Waals surface area contributed by atoms with Crippen molar-refractivity contribution in [3.63, 3.8) is 0 Å². The van der Waals surface area contributed by atoms with Crippen LogP contribution in [-0.4, -0.2) is 0 Å². The van der Waals surface area contributed by atoms with Crippen LogP contribution in [0.3, 0.4) is 0 Å². The van der Waals surface area contributed by atoms with Crippen molar-refractivity contribution >= 4 is 40.0 Å². The Morgan fingerprint density at radius 2 is 2.13 bits per heavy atom. The molecule has 0 aliphatic rings. The molecular formula is C10H7ClN2S2. The van der Waals surface area contributed by atoms with Gasteiger partial charge in [0.15, 0.2) is 0 Å². The number of nitrogens with two attached hydrogens (primary N) is 1. The highest BCUT2D eigenvalue weighted by Crippen LogP contribution is 2.41. The summed E-state index contributed by atoms with van der Waals surface area (Å²) in [5.41, 5.74) is 7.37. The largest absolute Gasteiger partial charge is 0.397 e. The lowest BCUT2D eigenvalue weighted by molar-refractivity contribution is 1.50. The predicted octanol–water partition coefficient (Wildman–Crippen LogP) is 3.89. The Labute approximate surface area is 101 Å². The topological polar surface area (TPSA) is 49.8 Å². The third-order valence-corrected chi connectivity index (χ3v) is 4.72. The predicted molar refractivity (Wildman–Crippen MR) is 66.5 cm³/mol. The normalized spacial score (nSPS) is 10.2. The molecule has 5 heteroatoms. The van der Waals surface area contributed by atoms with Gasteiger partial charge in [0.25, 0.3) is 0 Å². The first-order valence-corrected chi connectivity index (χ1v) is 6.19. The van der Waals surface area contributed by atoms with Crippen molar-refractivity contribution in [3.05, 3.63) is 26.9 Å². The first-order chi connectivity index (χ1) is 7.13. The maximum atomic E-state index is 8.87. The van der Waals surface area contributed by atoms with Gasteiger partial charge >= 0.3 is 0 Å². The molecule has 0 saturated carbocycles. The smallest absolute Gasteiger partial charge is 0.128 e. The van der Waals surface area contributed by atoms with Gasteiger partial charge in [0.05, 0.1) is 14.9 Å². The van der Waals surface area contributed by atoms with E-state index in [1.165, 1.54) is 22.7 Å². The molecule has 2 heterocycles. The van der Waals surface area contributed by atoms with Crippen molar-refractivity contribution < 1.29 is 0 Å². The van der Waals surface area contributed by atoms with E-state index in [9.17, 15) is 0 Å². The highest BCUT2D eigenvalue weighted by molar-refractivity contribution is 7.24. The zero-order valence-corrected chi connectivity index (χ0v) is 10.3. The summed E-state index contributed by atoms with van der Waals surface area (Å²) in [5, 5.41) is 8.87. The number of hydrogen-bond donors (Lipinski definition) is 1. The fraction of sp³-hybridized carbons (Fsp3) is 0.100. The van der Waals surface area contributed by atoms with E-state index in [-0.39, 0.29) is 0 Å². The molecule has 0 aromatic carbocycles. The molecule has 15 heavy (non-hydrogen) atoms. The number of rotatable bonds is 1. The van der Waals surface area contributed by atoms with Gasteiger partial charge in [-0.1, -0.05) is 11.6 Å². The van der Waals surface area contributed by atoms with E-state index in [2.05, 4.69) is 6.07 Å². The van der Waals surface area contributed by atoms with Gasteiger partial charge in [-0.3, -0.25) is 0 Å². The standard InChI is InChI=1S/C10H7ClN2S2/c1-5-9(13)7(4-12)15-10(5)6-2-3-8(11)14-6/h2-3H,13H2,1H3. The van der Waals surface area contributed by atoms with E-state index in [1.54, 1.807) is 0 Å². The number of thiophene rings is 2. The third kappa shape index (κ3) is 1.74. The summed E-state index contributed by atoms with van der Waals surface area (Å²) in [6, 6.07) is 5.90. The monoisotopic (exact) mass is 254 g/mol. The summed E-state index contributed by atoms with van der Waals surface area (Å²) in [7, 11) is 0. The van der Waals surface area contributed by atoms with E-state index < -0.39 is 0 Å². The highest BCUT2D eigenvalue weighted by Gasteiger charge is 2.14. The van der Waals surface area contributed by atoms with Crippen LogP contribution in [0.4, 0.5) is 5.69 Å². The Balaban J connectivity index is 2.60. The average molecular weight is 255 g/mol. The summed E-state index contributed by atoms with van der Waals surface area (Å²) in [4.78, 5) is 2.68. The minimum Gasteiger partial charge on any atom is -0.397 e. The molecule has 0 atom stereocenters. The summed E-state index contributed by atoms with van der Waals surface area (Å²) in [6.07, 6.45) is 0. The van der Waals surface area contributed by atoms with Crippen LogP contribution in [0.2, 0.25) is 4.34 Å². The van der Waals surface area contributed by atoms with Crippen LogP contribution in [0, 0.1) is 18.3 Å². The quantitative estimate of drug-likeness (QED) is 0.839. The highest BCUT2D eigenvalue weighted by atomic mass is 35.5. The van der Waals surface area contributed by atoms with Crippen LogP contribution in [0.25, 0.3) is 9.75 Å². The number of hydrogen-bond acceptors (Lipinski definition) is 4. The number of halogens is 1. The first-order valence-electron chi connectivity index (χ1n) is 4.18. The fourth-order valence-corrected chi connectivity index (χ4v) is 3.52. The SMILES string of the molecule is Cc1c(-c2ccc(Cl)s2)sc(C#N)c1N. The van der Waals surface area contributed by atoms with E-state index in [0.29, 0.717) is 10.6 Å². The number of anilines is 1. The maximum absolute atomic E-state index is 8.87. The van der Waals surface area contributed by atoms with Crippen LogP contribution < -0.4 is 5.73 Å². The molecule has 0 saturated heterocycles. The summed E-state index contributed by atoms with van der Waals surface area (Å²) < 4.78 is 0.745. The van der Waals surface area contributed by atoms with Crippen molar-refractivity contribution in [1.29, 1.82) is 5.26 Å². The van der Waals surface area contributed by atoms with Crippen molar-refractivity contribution in [2.24, 2.45) is 0 Å². The number of nitrogen functional groups attached to an aromatic ring is 1. The second kappa shape index (κ2) is 3.86. The van der Waals surface area contributed by atoms with E-state index in [0.717, 1.165) is 19.7 Å². The Morgan fingerprint density at radius 1 is 1.40 bits per heavy atom. The molecule has 2 aromatic heterocycles. The molecule has 0 fully saturated rings. The van der Waals surface area contributed by atoms with Gasteiger partial charge < -0.3 is 5.73 Å². The lowest BCUT2D eigenvalue weighted by Crippen LogP contribution is -1.86. The summed E-state index contributed by atoms with van der Waals surface area (Å²) >= 11 is 8.79. The van der Waals surface area contributed by atoms with Gasteiger partial charge in [0.2, 0.25) is 0 Å². The molecule has 2 N–H and O–H groups in total. The minimum absolute atomic E-state index is 0.576. The average Bonchev–Trinajstić information content (AvgIpc) is 2.74. The second-order valence-electron chi connectivity index (χ2n) is 3.01. The summed E-state index contributed by atoms with van der Waals surface area (Å²) in [5.74, 6) is 0. The van der Waals surface area contributed by atoms with Crippen LogP contribution in [-0.2, 0) is 0 Å². The molecular weight excluding hydrogens is 248 g/mol. The Morgan fingerprint density at radius 3 is 2.60 bits per heavy atom. The molecule has 0 aliphatic carbocycles. The van der Waals surface area contributed by atoms with E-state index in [1.807, 2.05) is 19.1 Å². The minimum atomic E-state index is 0.576. The molecule has 0 amide bonds. The van der Waals surface area contributed by atoms with E-state index >= 15 is 0 Å². The van der Waals surface area contributed by atoms with Gasteiger partial charge in [0, 0.05) is 4.88 Å². The zero-order chi connectivity index (χ0) is 11.0. The molecule has 0 spiro atoms. The summed E-state index contributed by atoms with van der Waals surface area (Å²) in [6.45, 7) is 1.93. The van der Waals surface area contributed by atoms with Gasteiger partial charge in [-0.05, 0) is 24.6 Å². The van der Waals surface area contributed by atoms with E-state index in [4.69, 9.17) is 22.6 Å². The molecule has 0 bridgehead atoms. The Kier molecular flexibility index (Phi) is 2.70.